The molecular weight excluding hydrogens is 450 g/mol. The molecule has 2 aromatic carbocycles. The van der Waals surface area contributed by atoms with Crippen LogP contribution in [0.1, 0.15) is 23.2 Å². The molecule has 1 aliphatic rings. The lowest BCUT2D eigenvalue weighted by atomic mass is 9.72. The second-order valence-electron chi connectivity index (χ2n) is 7.59. The zero-order valence-electron chi connectivity index (χ0n) is 18.4. The van der Waals surface area contributed by atoms with Crippen LogP contribution in [0.15, 0.2) is 48.5 Å². The summed E-state index contributed by atoms with van der Waals surface area (Å²) in [5, 5.41) is 23.5. The Bertz CT molecular complexity index is 1080. The molecule has 1 fully saturated rings. The van der Waals surface area contributed by atoms with Crippen LogP contribution >= 0.6 is 0 Å². The standard InChI is InChI=1S/C22H21N3O9/c1-23-18(12-8-4-6-10-14(12)24(29)30)16(21(27)33-2)20(26)17(22(28)34-3)19(23)13-9-5-7-11-15(13)25(31)32/h4-11,16-19H,1-3H3. The van der Waals surface area contributed by atoms with Gasteiger partial charge in [-0.1, -0.05) is 36.4 Å². The molecule has 0 aliphatic carbocycles. The maximum atomic E-state index is 13.6. The molecular formula is C22H21N3O9. The zero-order valence-corrected chi connectivity index (χ0v) is 18.4. The highest BCUT2D eigenvalue weighted by atomic mass is 16.6. The first kappa shape index (κ1) is 24.5. The largest absolute Gasteiger partial charge is 0.468 e. The number of rotatable bonds is 6. The molecule has 1 saturated heterocycles. The van der Waals surface area contributed by atoms with Gasteiger partial charge >= 0.3 is 11.9 Å². The number of hydrogen-bond acceptors (Lipinski definition) is 10. The first-order valence-corrected chi connectivity index (χ1v) is 10.0. The molecule has 1 heterocycles. The Labute approximate surface area is 193 Å². The molecule has 0 spiro atoms. The molecule has 2 aromatic rings. The summed E-state index contributed by atoms with van der Waals surface area (Å²) < 4.78 is 9.62. The molecule has 0 N–H and O–H groups in total. The Kier molecular flexibility index (Phi) is 7.01. The van der Waals surface area contributed by atoms with Crippen LogP contribution in [0.25, 0.3) is 0 Å². The molecule has 34 heavy (non-hydrogen) atoms. The van der Waals surface area contributed by atoms with Gasteiger partial charge in [0.25, 0.3) is 11.4 Å². The normalized spacial score (nSPS) is 22.6. The molecule has 0 saturated carbocycles. The third-order valence-corrected chi connectivity index (χ3v) is 5.94. The fraction of sp³-hybridized carbons (Fsp3) is 0.318. The van der Waals surface area contributed by atoms with Crippen molar-refractivity contribution in [2.45, 2.75) is 12.1 Å². The lowest BCUT2D eigenvalue weighted by Crippen LogP contribution is -2.54. The number of nitro benzene ring substituents is 2. The van der Waals surface area contributed by atoms with Crippen LogP contribution < -0.4 is 0 Å². The SMILES string of the molecule is COC(=O)C1C(=O)C(C(=O)OC)C(c2ccccc2[N+](=O)[O-])N(C)C1c1ccccc1[N+](=O)[O-]. The van der Waals surface area contributed by atoms with Crippen molar-refractivity contribution in [1.82, 2.24) is 4.90 Å². The van der Waals surface area contributed by atoms with Gasteiger partial charge in [-0.15, -0.1) is 0 Å². The van der Waals surface area contributed by atoms with Crippen molar-refractivity contribution in [3.8, 4) is 0 Å². The number of carbonyl (C=O) groups is 3. The molecule has 0 aromatic heterocycles. The fourth-order valence-corrected chi connectivity index (χ4v) is 4.50. The number of esters is 2. The number of nitro groups is 2. The van der Waals surface area contributed by atoms with Gasteiger partial charge in [-0.3, -0.25) is 39.5 Å². The van der Waals surface area contributed by atoms with Crippen LogP contribution in [0.2, 0.25) is 0 Å². The van der Waals surface area contributed by atoms with Crippen molar-refractivity contribution in [2.24, 2.45) is 11.8 Å². The molecule has 4 atom stereocenters. The van der Waals surface area contributed by atoms with Gasteiger partial charge in [-0.25, -0.2) is 0 Å². The monoisotopic (exact) mass is 471 g/mol. The number of benzene rings is 2. The summed E-state index contributed by atoms with van der Waals surface area (Å²) in [6.45, 7) is 0. The van der Waals surface area contributed by atoms with E-state index in [1.807, 2.05) is 0 Å². The zero-order chi connectivity index (χ0) is 25.2. The Hall–Kier alpha value is -4.19. The molecule has 0 amide bonds. The van der Waals surface area contributed by atoms with E-state index in [1.165, 1.54) is 60.5 Å². The fourth-order valence-electron chi connectivity index (χ4n) is 4.50. The first-order chi connectivity index (χ1) is 16.1. The summed E-state index contributed by atoms with van der Waals surface area (Å²) in [5.74, 6) is -6.17. The predicted molar refractivity (Wildman–Crippen MR) is 115 cm³/mol. The number of para-hydroxylation sites is 2. The van der Waals surface area contributed by atoms with E-state index in [1.54, 1.807) is 0 Å². The Morgan fingerprint density at radius 2 is 1.15 bits per heavy atom. The number of methoxy groups -OCH3 is 2. The first-order valence-electron chi connectivity index (χ1n) is 10.0. The highest BCUT2D eigenvalue weighted by molar-refractivity contribution is 6.10. The minimum atomic E-state index is -1.63. The van der Waals surface area contributed by atoms with Crippen molar-refractivity contribution in [3.63, 3.8) is 0 Å². The van der Waals surface area contributed by atoms with Gasteiger partial charge in [0.15, 0.2) is 5.78 Å². The van der Waals surface area contributed by atoms with Gasteiger partial charge < -0.3 is 9.47 Å². The van der Waals surface area contributed by atoms with Gasteiger partial charge in [-0.2, -0.15) is 0 Å². The lowest BCUT2D eigenvalue weighted by molar-refractivity contribution is -0.386. The van der Waals surface area contributed by atoms with Crippen LogP contribution in [0, 0.1) is 32.1 Å². The van der Waals surface area contributed by atoms with Crippen LogP contribution in [0.3, 0.4) is 0 Å². The van der Waals surface area contributed by atoms with E-state index in [0.29, 0.717) is 0 Å². The van der Waals surface area contributed by atoms with E-state index in [-0.39, 0.29) is 22.5 Å². The van der Waals surface area contributed by atoms with E-state index < -0.39 is 51.5 Å². The van der Waals surface area contributed by atoms with Gasteiger partial charge in [0.05, 0.1) is 36.1 Å². The smallest absolute Gasteiger partial charge is 0.318 e. The maximum absolute atomic E-state index is 13.6. The summed E-state index contributed by atoms with van der Waals surface area (Å²) in [7, 11) is 3.53. The molecule has 3 rings (SSSR count). The third-order valence-electron chi connectivity index (χ3n) is 5.94. The van der Waals surface area contributed by atoms with Crippen LogP contribution in [-0.4, -0.2) is 53.7 Å². The minimum absolute atomic E-state index is 0.0191. The molecule has 0 radical (unpaired) electrons. The Morgan fingerprint density at radius 3 is 1.47 bits per heavy atom. The maximum Gasteiger partial charge on any atom is 0.318 e. The van der Waals surface area contributed by atoms with Crippen LogP contribution in [-0.2, 0) is 23.9 Å². The topological polar surface area (TPSA) is 159 Å². The summed E-state index contributed by atoms with van der Waals surface area (Å²) in [6, 6.07) is 8.55. The van der Waals surface area contributed by atoms with E-state index in [4.69, 9.17) is 9.47 Å². The third kappa shape index (κ3) is 4.10. The Morgan fingerprint density at radius 1 is 0.794 bits per heavy atom. The van der Waals surface area contributed by atoms with Crippen molar-refractivity contribution < 1.29 is 33.7 Å². The number of piperidine rings is 1. The molecule has 12 nitrogen and oxygen atoms in total. The van der Waals surface area contributed by atoms with Crippen molar-refractivity contribution in [3.05, 3.63) is 79.9 Å². The van der Waals surface area contributed by atoms with Crippen molar-refractivity contribution >= 4 is 29.1 Å². The van der Waals surface area contributed by atoms with Gasteiger partial charge in [0.1, 0.15) is 11.8 Å². The second kappa shape index (κ2) is 9.75. The van der Waals surface area contributed by atoms with E-state index in [9.17, 15) is 34.6 Å². The molecule has 1 aliphatic heterocycles. The summed E-state index contributed by atoms with van der Waals surface area (Å²) in [6.07, 6.45) is 0. The highest BCUT2D eigenvalue weighted by Gasteiger charge is 2.56. The molecule has 0 bridgehead atoms. The Balaban J connectivity index is 2.34. The number of Topliss-reactive ketones (excluding diaryl/α,β-unsaturated/α-hetero) is 1. The molecule has 4 unspecified atom stereocenters. The van der Waals surface area contributed by atoms with Gasteiger partial charge in [0, 0.05) is 23.3 Å². The number of ether oxygens (including phenoxy) is 2. The summed E-state index contributed by atoms with van der Waals surface area (Å²) in [5.41, 5.74) is -0.686. The van der Waals surface area contributed by atoms with Gasteiger partial charge in [0.2, 0.25) is 0 Å². The van der Waals surface area contributed by atoms with Crippen molar-refractivity contribution in [2.75, 3.05) is 21.3 Å². The number of carbonyl (C=O) groups excluding carboxylic acids is 3. The number of likely N-dealkylation sites (tertiary alicyclic amines) is 1. The van der Waals surface area contributed by atoms with Crippen molar-refractivity contribution in [1.29, 1.82) is 0 Å². The van der Waals surface area contributed by atoms with E-state index >= 15 is 0 Å². The van der Waals surface area contributed by atoms with E-state index in [2.05, 4.69) is 0 Å². The molecule has 178 valence electrons. The predicted octanol–water partition coefficient (Wildman–Crippen LogP) is 2.38. The number of nitrogens with zero attached hydrogens (tertiary/aromatic N) is 3. The minimum Gasteiger partial charge on any atom is -0.468 e. The molecule has 12 heteroatoms. The van der Waals surface area contributed by atoms with E-state index in [0.717, 1.165) is 14.2 Å². The quantitative estimate of drug-likeness (QED) is 0.265. The number of hydrogen-bond donors (Lipinski definition) is 0. The summed E-state index contributed by atoms with van der Waals surface area (Å²) >= 11 is 0. The number of ketones is 1. The average molecular weight is 471 g/mol. The summed E-state index contributed by atoms with van der Waals surface area (Å²) in [4.78, 5) is 62.7. The van der Waals surface area contributed by atoms with Crippen LogP contribution in [0.4, 0.5) is 11.4 Å². The highest BCUT2D eigenvalue weighted by Crippen LogP contribution is 2.49. The van der Waals surface area contributed by atoms with Gasteiger partial charge in [-0.05, 0) is 7.05 Å². The lowest BCUT2D eigenvalue weighted by Gasteiger charge is -2.45. The average Bonchev–Trinajstić information content (AvgIpc) is 2.83. The second-order valence-corrected chi connectivity index (χ2v) is 7.59. The van der Waals surface area contributed by atoms with Crippen LogP contribution in [0.5, 0.6) is 0 Å².